The van der Waals surface area contributed by atoms with Gasteiger partial charge in [-0.25, -0.2) is 9.07 Å². The monoisotopic (exact) mass is 481 g/mol. The van der Waals surface area contributed by atoms with Gasteiger partial charge in [0.1, 0.15) is 17.2 Å². The number of hydrogen-bond acceptors (Lipinski definition) is 7. The van der Waals surface area contributed by atoms with Gasteiger partial charge in [-0.1, -0.05) is 47.6 Å². The second kappa shape index (κ2) is 9.43. The van der Waals surface area contributed by atoms with Gasteiger partial charge in [-0.05, 0) is 54.8 Å². The van der Waals surface area contributed by atoms with Crippen LogP contribution in [0, 0.1) is 11.7 Å². The van der Waals surface area contributed by atoms with Gasteiger partial charge in [0.2, 0.25) is 5.82 Å². The molecule has 3 aromatic heterocycles. The molecule has 2 aromatic carbocycles. The van der Waals surface area contributed by atoms with Crippen molar-refractivity contribution < 1.29 is 8.91 Å². The van der Waals surface area contributed by atoms with Gasteiger partial charge in [-0.2, -0.15) is 4.98 Å². The molecule has 0 radical (unpaired) electrons. The summed E-state index contributed by atoms with van der Waals surface area (Å²) >= 11 is 0. The summed E-state index contributed by atoms with van der Waals surface area (Å²) in [6.07, 6.45) is 4.55. The minimum atomic E-state index is -0.417. The van der Waals surface area contributed by atoms with Crippen molar-refractivity contribution in [3.8, 4) is 39.9 Å². The lowest BCUT2D eigenvalue weighted by Crippen LogP contribution is -2.19. The largest absolute Gasteiger partial charge is 0.332 e. The Hall–Kier alpha value is -4.24. The standard InChI is InChI=1S/C27H24FN7O/c1-18-11-14-34(16-18)17-19-5-4-6-21(15-19)26-30-27(36-32-26)24-25(20-9-12-29-13-10-20)35(33-31-24)23-8-3-2-7-22(23)28/h2-10,12-13,15,18H,11,14,16-17H2,1H3. The summed E-state index contributed by atoms with van der Waals surface area (Å²) in [5.74, 6) is 0.987. The second-order valence-electron chi connectivity index (χ2n) is 9.14. The molecule has 0 amide bonds. The van der Waals surface area contributed by atoms with Crippen molar-refractivity contribution in [3.05, 3.63) is 84.4 Å². The van der Waals surface area contributed by atoms with Crippen LogP contribution in [0.2, 0.25) is 0 Å². The van der Waals surface area contributed by atoms with E-state index in [1.165, 1.54) is 22.7 Å². The molecule has 0 N–H and O–H groups in total. The van der Waals surface area contributed by atoms with E-state index in [1.807, 2.05) is 12.1 Å². The maximum absolute atomic E-state index is 14.7. The van der Waals surface area contributed by atoms with Crippen LogP contribution < -0.4 is 0 Å². The zero-order valence-corrected chi connectivity index (χ0v) is 19.8. The third-order valence-corrected chi connectivity index (χ3v) is 6.43. The Bertz CT molecular complexity index is 1500. The van der Waals surface area contributed by atoms with Crippen LogP contribution in [0.15, 0.2) is 77.6 Å². The van der Waals surface area contributed by atoms with Crippen LogP contribution in [0.5, 0.6) is 0 Å². The smallest absolute Gasteiger partial charge is 0.281 e. The molecule has 180 valence electrons. The van der Waals surface area contributed by atoms with Crippen molar-refractivity contribution in [2.45, 2.75) is 19.9 Å². The lowest BCUT2D eigenvalue weighted by atomic mass is 10.1. The fourth-order valence-corrected chi connectivity index (χ4v) is 4.66. The first-order chi connectivity index (χ1) is 17.7. The zero-order chi connectivity index (χ0) is 24.5. The van der Waals surface area contributed by atoms with Crippen molar-refractivity contribution >= 4 is 0 Å². The quantitative estimate of drug-likeness (QED) is 0.336. The maximum atomic E-state index is 14.7. The van der Waals surface area contributed by atoms with Crippen LogP contribution in [-0.4, -0.2) is 48.1 Å². The number of halogens is 1. The van der Waals surface area contributed by atoms with Gasteiger partial charge in [-0.3, -0.25) is 9.88 Å². The van der Waals surface area contributed by atoms with Crippen molar-refractivity contribution in [1.82, 2.24) is 35.0 Å². The van der Waals surface area contributed by atoms with E-state index in [-0.39, 0.29) is 11.6 Å². The van der Waals surface area contributed by atoms with Gasteiger partial charge < -0.3 is 4.52 Å². The van der Waals surface area contributed by atoms with E-state index in [0.29, 0.717) is 17.2 Å². The molecular weight excluding hydrogens is 457 g/mol. The number of aromatic nitrogens is 6. The van der Waals surface area contributed by atoms with E-state index in [9.17, 15) is 4.39 Å². The minimum absolute atomic E-state index is 0.207. The van der Waals surface area contributed by atoms with E-state index in [2.05, 4.69) is 49.4 Å². The molecule has 1 fully saturated rings. The van der Waals surface area contributed by atoms with Gasteiger partial charge in [0.25, 0.3) is 5.89 Å². The van der Waals surface area contributed by atoms with E-state index >= 15 is 0 Å². The molecule has 36 heavy (non-hydrogen) atoms. The first kappa shape index (κ1) is 22.2. The molecule has 9 heteroatoms. The molecular formula is C27H24FN7O. The highest BCUT2D eigenvalue weighted by molar-refractivity contribution is 5.76. The molecule has 1 atom stereocenters. The average molecular weight is 482 g/mol. The summed E-state index contributed by atoms with van der Waals surface area (Å²) in [5.41, 5.74) is 3.99. The molecule has 1 aliphatic heterocycles. The van der Waals surface area contributed by atoms with Gasteiger partial charge >= 0.3 is 0 Å². The van der Waals surface area contributed by atoms with E-state index in [1.54, 1.807) is 42.7 Å². The number of nitrogens with zero attached hydrogens (tertiary/aromatic N) is 7. The van der Waals surface area contributed by atoms with E-state index in [4.69, 9.17) is 4.52 Å². The summed E-state index contributed by atoms with van der Waals surface area (Å²) < 4.78 is 21.7. The third kappa shape index (κ3) is 4.29. The predicted molar refractivity (Wildman–Crippen MR) is 132 cm³/mol. The molecule has 1 aliphatic rings. The van der Waals surface area contributed by atoms with Crippen LogP contribution in [0.25, 0.3) is 39.9 Å². The second-order valence-corrected chi connectivity index (χ2v) is 9.14. The maximum Gasteiger partial charge on any atom is 0.281 e. The van der Waals surface area contributed by atoms with Crippen LogP contribution in [-0.2, 0) is 6.54 Å². The predicted octanol–water partition coefficient (Wildman–Crippen LogP) is 5.03. The Labute approximate surface area is 207 Å². The fraction of sp³-hybridized carbons (Fsp3) is 0.222. The summed E-state index contributed by atoms with van der Waals surface area (Å²) in [5, 5.41) is 12.8. The Morgan fingerprint density at radius 3 is 2.69 bits per heavy atom. The Kier molecular flexibility index (Phi) is 5.82. The van der Waals surface area contributed by atoms with Crippen LogP contribution in [0.4, 0.5) is 4.39 Å². The molecule has 0 aliphatic carbocycles. The highest BCUT2D eigenvalue weighted by atomic mass is 19.1. The molecule has 4 heterocycles. The highest BCUT2D eigenvalue weighted by Gasteiger charge is 2.24. The van der Waals surface area contributed by atoms with Crippen LogP contribution >= 0.6 is 0 Å². The molecule has 6 rings (SSSR count). The zero-order valence-electron chi connectivity index (χ0n) is 19.8. The summed E-state index contributed by atoms with van der Waals surface area (Å²) in [7, 11) is 0. The lowest BCUT2D eigenvalue weighted by molar-refractivity contribution is 0.320. The molecule has 0 saturated carbocycles. The molecule has 1 saturated heterocycles. The summed E-state index contributed by atoms with van der Waals surface area (Å²) in [6.45, 7) is 5.42. The molecule has 0 spiro atoms. The van der Waals surface area contributed by atoms with Gasteiger partial charge in [0.05, 0.1) is 0 Å². The Morgan fingerprint density at radius 2 is 1.89 bits per heavy atom. The SMILES string of the molecule is CC1CCN(Cc2cccc(-c3noc(-c4nnn(-c5ccccc5F)c4-c4ccncc4)n3)c2)C1. The highest BCUT2D eigenvalue weighted by Crippen LogP contribution is 2.33. The lowest BCUT2D eigenvalue weighted by Gasteiger charge is -2.15. The van der Waals surface area contributed by atoms with Crippen molar-refractivity contribution in [1.29, 1.82) is 0 Å². The van der Waals surface area contributed by atoms with Crippen molar-refractivity contribution in [2.75, 3.05) is 13.1 Å². The van der Waals surface area contributed by atoms with Gasteiger partial charge in [0, 0.05) is 36.6 Å². The third-order valence-electron chi connectivity index (χ3n) is 6.43. The first-order valence-electron chi connectivity index (χ1n) is 11.9. The molecule has 0 bridgehead atoms. The molecule has 1 unspecified atom stereocenters. The first-order valence-corrected chi connectivity index (χ1v) is 11.9. The van der Waals surface area contributed by atoms with E-state index < -0.39 is 5.82 Å². The number of para-hydroxylation sites is 1. The normalized spacial score (nSPS) is 16.0. The topological polar surface area (TPSA) is 85.8 Å². The Morgan fingerprint density at radius 1 is 1.03 bits per heavy atom. The summed E-state index contributed by atoms with van der Waals surface area (Å²) in [6, 6.07) is 18.2. The Balaban J connectivity index is 1.37. The number of rotatable bonds is 6. The number of hydrogen-bond donors (Lipinski definition) is 0. The number of pyridine rings is 1. The average Bonchev–Trinajstić information content (AvgIpc) is 3.65. The van der Waals surface area contributed by atoms with Crippen molar-refractivity contribution in [2.24, 2.45) is 5.92 Å². The van der Waals surface area contributed by atoms with Crippen molar-refractivity contribution in [3.63, 3.8) is 0 Å². The fourth-order valence-electron chi connectivity index (χ4n) is 4.66. The van der Waals surface area contributed by atoms with Crippen LogP contribution in [0.1, 0.15) is 18.9 Å². The minimum Gasteiger partial charge on any atom is -0.332 e. The summed E-state index contributed by atoms with van der Waals surface area (Å²) in [4.78, 5) is 11.2. The van der Waals surface area contributed by atoms with Gasteiger partial charge in [-0.15, -0.1) is 5.10 Å². The molecule has 5 aromatic rings. The van der Waals surface area contributed by atoms with E-state index in [0.717, 1.165) is 36.7 Å². The van der Waals surface area contributed by atoms with Gasteiger partial charge in [0.15, 0.2) is 5.69 Å². The van der Waals surface area contributed by atoms with Crippen LogP contribution in [0.3, 0.4) is 0 Å². The molecule has 8 nitrogen and oxygen atoms in total. The number of likely N-dealkylation sites (tertiary alicyclic amines) is 1. The number of benzene rings is 2.